The molecule has 84 valence electrons. The highest BCUT2D eigenvalue weighted by Crippen LogP contribution is 2.25. The molecule has 1 atom stereocenters. The van der Waals surface area contributed by atoms with Gasteiger partial charge in [0.05, 0.1) is 18.8 Å². The lowest BCUT2D eigenvalue weighted by atomic mass is 9.95. The van der Waals surface area contributed by atoms with Crippen molar-refractivity contribution >= 4 is 5.91 Å². The van der Waals surface area contributed by atoms with Gasteiger partial charge in [-0.15, -0.1) is 0 Å². The number of hydrogen-bond donors (Lipinski definition) is 1. The van der Waals surface area contributed by atoms with Crippen molar-refractivity contribution in [3.05, 3.63) is 12.3 Å². The standard InChI is InChI=1S/C11H18N2O2/c1-11(2)7-9(3-6-15-11)13-5-4-12-8-10(13)14/h3,6,9,12H,4-5,7-8H2,1-2H3. The Balaban J connectivity index is 2.06. The van der Waals surface area contributed by atoms with Gasteiger partial charge in [-0.3, -0.25) is 4.79 Å². The minimum absolute atomic E-state index is 0.162. The highest BCUT2D eigenvalue weighted by Gasteiger charge is 2.32. The smallest absolute Gasteiger partial charge is 0.237 e. The molecule has 0 saturated carbocycles. The van der Waals surface area contributed by atoms with Crippen molar-refractivity contribution in [3.63, 3.8) is 0 Å². The maximum atomic E-state index is 11.7. The van der Waals surface area contributed by atoms with E-state index in [1.54, 1.807) is 6.26 Å². The van der Waals surface area contributed by atoms with Crippen LogP contribution < -0.4 is 5.32 Å². The number of carbonyl (C=O) groups is 1. The van der Waals surface area contributed by atoms with E-state index in [0.29, 0.717) is 6.54 Å². The van der Waals surface area contributed by atoms with E-state index in [4.69, 9.17) is 4.74 Å². The summed E-state index contributed by atoms with van der Waals surface area (Å²) < 4.78 is 5.49. The van der Waals surface area contributed by atoms with Crippen LogP contribution in [0.1, 0.15) is 20.3 Å². The lowest BCUT2D eigenvalue weighted by molar-refractivity contribution is -0.135. The molecule has 1 unspecified atom stereocenters. The van der Waals surface area contributed by atoms with Gasteiger partial charge in [0, 0.05) is 19.5 Å². The molecule has 1 N–H and O–H groups in total. The highest BCUT2D eigenvalue weighted by molar-refractivity contribution is 5.79. The summed E-state index contributed by atoms with van der Waals surface area (Å²) in [5.41, 5.74) is -0.162. The van der Waals surface area contributed by atoms with Crippen molar-refractivity contribution in [1.29, 1.82) is 0 Å². The number of amides is 1. The minimum atomic E-state index is -0.162. The molecular weight excluding hydrogens is 192 g/mol. The van der Waals surface area contributed by atoms with E-state index in [2.05, 4.69) is 19.2 Å². The van der Waals surface area contributed by atoms with Crippen LogP contribution in [0, 0.1) is 0 Å². The molecule has 1 amide bonds. The van der Waals surface area contributed by atoms with Crippen LogP contribution >= 0.6 is 0 Å². The fourth-order valence-corrected chi connectivity index (χ4v) is 2.12. The average Bonchev–Trinajstić information content (AvgIpc) is 2.17. The summed E-state index contributed by atoms with van der Waals surface area (Å²) in [7, 11) is 0. The van der Waals surface area contributed by atoms with E-state index in [1.165, 1.54) is 0 Å². The van der Waals surface area contributed by atoms with Crippen LogP contribution in [0.4, 0.5) is 0 Å². The van der Waals surface area contributed by atoms with Gasteiger partial charge in [-0.05, 0) is 19.9 Å². The largest absolute Gasteiger partial charge is 0.496 e. The first-order valence-electron chi connectivity index (χ1n) is 5.43. The van der Waals surface area contributed by atoms with Crippen LogP contribution in [0.15, 0.2) is 12.3 Å². The van der Waals surface area contributed by atoms with Gasteiger partial charge in [-0.1, -0.05) is 0 Å². The Morgan fingerprint density at radius 1 is 1.60 bits per heavy atom. The Morgan fingerprint density at radius 3 is 3.07 bits per heavy atom. The molecule has 1 fully saturated rings. The highest BCUT2D eigenvalue weighted by atomic mass is 16.5. The van der Waals surface area contributed by atoms with Crippen molar-refractivity contribution < 1.29 is 9.53 Å². The summed E-state index contributed by atoms with van der Waals surface area (Å²) in [5, 5.41) is 3.08. The number of rotatable bonds is 1. The van der Waals surface area contributed by atoms with Gasteiger partial charge in [-0.2, -0.15) is 0 Å². The average molecular weight is 210 g/mol. The normalized spacial score (nSPS) is 30.1. The van der Waals surface area contributed by atoms with E-state index >= 15 is 0 Å². The van der Waals surface area contributed by atoms with Crippen LogP contribution in [-0.4, -0.2) is 42.1 Å². The summed E-state index contributed by atoms with van der Waals surface area (Å²) in [6.45, 7) is 6.25. The Morgan fingerprint density at radius 2 is 2.40 bits per heavy atom. The number of nitrogens with zero attached hydrogens (tertiary/aromatic N) is 1. The first-order chi connectivity index (χ1) is 7.08. The second kappa shape index (κ2) is 3.85. The topological polar surface area (TPSA) is 41.6 Å². The zero-order valence-corrected chi connectivity index (χ0v) is 9.32. The molecule has 0 radical (unpaired) electrons. The van der Waals surface area contributed by atoms with Gasteiger partial charge in [-0.25, -0.2) is 0 Å². The summed E-state index contributed by atoms with van der Waals surface area (Å²) in [4.78, 5) is 13.6. The Bertz CT molecular complexity index is 286. The predicted molar refractivity (Wildman–Crippen MR) is 57.3 cm³/mol. The molecule has 0 aromatic rings. The molecule has 0 aromatic carbocycles. The van der Waals surface area contributed by atoms with Crippen molar-refractivity contribution in [3.8, 4) is 0 Å². The number of ether oxygens (including phenoxy) is 1. The molecule has 1 saturated heterocycles. The third-order valence-electron chi connectivity index (χ3n) is 2.91. The Hall–Kier alpha value is -1.03. The van der Waals surface area contributed by atoms with Crippen molar-refractivity contribution in [2.24, 2.45) is 0 Å². The maximum absolute atomic E-state index is 11.7. The van der Waals surface area contributed by atoms with Gasteiger partial charge in [0.25, 0.3) is 0 Å². The summed E-state index contributed by atoms with van der Waals surface area (Å²) in [6.07, 6.45) is 4.58. The molecule has 4 nitrogen and oxygen atoms in total. The maximum Gasteiger partial charge on any atom is 0.237 e. The van der Waals surface area contributed by atoms with Gasteiger partial charge < -0.3 is 15.0 Å². The van der Waals surface area contributed by atoms with Crippen LogP contribution in [-0.2, 0) is 9.53 Å². The van der Waals surface area contributed by atoms with Crippen molar-refractivity contribution in [2.75, 3.05) is 19.6 Å². The van der Waals surface area contributed by atoms with Crippen LogP contribution in [0.5, 0.6) is 0 Å². The second-order valence-corrected chi connectivity index (χ2v) is 4.74. The number of piperazine rings is 1. The number of hydrogen-bond acceptors (Lipinski definition) is 3. The van der Waals surface area contributed by atoms with E-state index < -0.39 is 0 Å². The predicted octanol–water partition coefficient (Wildman–Crippen LogP) is 0.499. The molecule has 2 aliphatic rings. The Labute approximate surface area is 90.3 Å². The van der Waals surface area contributed by atoms with Gasteiger partial charge in [0.15, 0.2) is 0 Å². The molecule has 2 aliphatic heterocycles. The SMILES string of the molecule is CC1(C)CC(N2CCNCC2=O)C=CO1. The molecule has 4 heteroatoms. The van der Waals surface area contributed by atoms with Crippen LogP contribution in [0.2, 0.25) is 0 Å². The lowest BCUT2D eigenvalue weighted by Gasteiger charge is -2.39. The third-order valence-corrected chi connectivity index (χ3v) is 2.91. The molecule has 2 rings (SSSR count). The molecule has 0 aromatic heterocycles. The summed E-state index contributed by atoms with van der Waals surface area (Å²) in [6, 6.07) is 0.198. The van der Waals surface area contributed by atoms with Crippen LogP contribution in [0.25, 0.3) is 0 Å². The third kappa shape index (κ3) is 2.31. The zero-order valence-electron chi connectivity index (χ0n) is 9.32. The molecule has 0 spiro atoms. The van der Waals surface area contributed by atoms with E-state index in [1.807, 2.05) is 11.0 Å². The monoisotopic (exact) mass is 210 g/mol. The van der Waals surface area contributed by atoms with Gasteiger partial charge >= 0.3 is 0 Å². The molecule has 0 bridgehead atoms. The van der Waals surface area contributed by atoms with Crippen molar-refractivity contribution in [2.45, 2.75) is 31.9 Å². The van der Waals surface area contributed by atoms with Gasteiger partial charge in [0.2, 0.25) is 5.91 Å². The number of nitrogens with one attached hydrogen (secondary N) is 1. The fourth-order valence-electron chi connectivity index (χ4n) is 2.12. The molecule has 15 heavy (non-hydrogen) atoms. The van der Waals surface area contributed by atoms with Crippen molar-refractivity contribution in [1.82, 2.24) is 10.2 Å². The molecule has 0 aliphatic carbocycles. The molecule has 2 heterocycles. The minimum Gasteiger partial charge on any atom is -0.496 e. The lowest BCUT2D eigenvalue weighted by Crippen LogP contribution is -2.54. The van der Waals surface area contributed by atoms with E-state index in [9.17, 15) is 4.79 Å². The quantitative estimate of drug-likeness (QED) is 0.685. The molecular formula is C11H18N2O2. The summed E-state index contributed by atoms with van der Waals surface area (Å²) in [5.74, 6) is 0.189. The van der Waals surface area contributed by atoms with Gasteiger partial charge in [0.1, 0.15) is 5.60 Å². The van der Waals surface area contributed by atoms with E-state index in [-0.39, 0.29) is 17.6 Å². The van der Waals surface area contributed by atoms with Crippen LogP contribution in [0.3, 0.4) is 0 Å². The zero-order chi connectivity index (χ0) is 10.9. The first kappa shape index (κ1) is 10.5. The first-order valence-corrected chi connectivity index (χ1v) is 5.43. The second-order valence-electron chi connectivity index (χ2n) is 4.74. The van der Waals surface area contributed by atoms with E-state index in [0.717, 1.165) is 19.5 Å². The number of carbonyl (C=O) groups excluding carboxylic acids is 1. The fraction of sp³-hybridized carbons (Fsp3) is 0.727. The summed E-state index contributed by atoms with van der Waals surface area (Å²) >= 11 is 0. The Kier molecular flexibility index (Phi) is 2.69.